The molecule has 2 heteroatoms. The summed E-state index contributed by atoms with van der Waals surface area (Å²) in [6, 6.07) is 81.0. The second kappa shape index (κ2) is 13.4. The van der Waals surface area contributed by atoms with Gasteiger partial charge in [0, 0.05) is 16.8 Å². The van der Waals surface area contributed by atoms with Gasteiger partial charge in [-0.1, -0.05) is 182 Å². The minimum absolute atomic E-state index is 0.586. The Balaban J connectivity index is 1.20. The number of hydrogen-bond donors (Lipinski definition) is 0. The second-order valence-electron chi connectivity index (χ2n) is 14.8. The standard InChI is InChI=1S/C55H37NO/c1-4-16-38(17-5-1)40-30-34-43(35-31-40)56(44-36-32-41(33-37-44)39-18-6-2-7-19-39)50-27-15-29-52-54(50)53-49(26-14-28-51(53)57-52)55(42-20-8-3-9-21-42)47-24-12-10-22-45(47)46-23-11-13-25-48(46)55/h1-37H. The first-order valence-corrected chi connectivity index (χ1v) is 19.6. The predicted molar refractivity (Wildman–Crippen MR) is 237 cm³/mol. The molecule has 0 atom stereocenters. The van der Waals surface area contributed by atoms with Gasteiger partial charge in [-0.15, -0.1) is 0 Å². The molecule has 57 heavy (non-hydrogen) atoms. The van der Waals surface area contributed by atoms with Gasteiger partial charge in [-0.2, -0.15) is 0 Å². The number of nitrogens with zero attached hydrogens (tertiary/aromatic N) is 1. The quantitative estimate of drug-likeness (QED) is 0.163. The molecular weight excluding hydrogens is 691 g/mol. The van der Waals surface area contributed by atoms with Crippen LogP contribution in [-0.2, 0) is 5.41 Å². The van der Waals surface area contributed by atoms with E-state index in [1.54, 1.807) is 0 Å². The van der Waals surface area contributed by atoms with Crippen molar-refractivity contribution in [3.63, 3.8) is 0 Å². The van der Waals surface area contributed by atoms with Crippen molar-refractivity contribution in [1.82, 2.24) is 0 Å². The van der Waals surface area contributed by atoms with Crippen molar-refractivity contribution in [3.05, 3.63) is 247 Å². The van der Waals surface area contributed by atoms with Crippen molar-refractivity contribution < 1.29 is 4.42 Å². The lowest BCUT2D eigenvalue weighted by Gasteiger charge is -2.34. The summed E-state index contributed by atoms with van der Waals surface area (Å²) in [5, 5.41) is 2.20. The summed E-state index contributed by atoms with van der Waals surface area (Å²) in [5.74, 6) is 0. The molecule has 0 spiro atoms. The smallest absolute Gasteiger partial charge is 0.137 e. The summed E-state index contributed by atoms with van der Waals surface area (Å²) in [6.07, 6.45) is 0. The van der Waals surface area contributed by atoms with Crippen LogP contribution in [0.15, 0.2) is 229 Å². The number of furan rings is 1. The van der Waals surface area contributed by atoms with Crippen LogP contribution >= 0.6 is 0 Å². The summed E-state index contributed by atoms with van der Waals surface area (Å²) in [4.78, 5) is 2.39. The average molecular weight is 728 g/mol. The van der Waals surface area contributed by atoms with Crippen LogP contribution in [0.5, 0.6) is 0 Å². The molecule has 1 aliphatic carbocycles. The summed E-state index contributed by atoms with van der Waals surface area (Å²) in [7, 11) is 0. The van der Waals surface area contributed by atoms with Crippen molar-refractivity contribution >= 4 is 39.0 Å². The lowest BCUT2D eigenvalue weighted by Crippen LogP contribution is -2.28. The molecule has 0 fully saturated rings. The highest BCUT2D eigenvalue weighted by Crippen LogP contribution is 2.58. The summed E-state index contributed by atoms with van der Waals surface area (Å²) in [5.41, 5.74) is 16.6. The Kier molecular flexibility index (Phi) is 7.75. The fourth-order valence-corrected chi connectivity index (χ4v) is 9.32. The molecule has 0 saturated heterocycles. The molecule has 2 nitrogen and oxygen atoms in total. The number of fused-ring (bicyclic) bond motifs is 6. The summed E-state index contributed by atoms with van der Waals surface area (Å²) in [6.45, 7) is 0. The van der Waals surface area contributed by atoms with Gasteiger partial charge in [-0.3, -0.25) is 0 Å². The molecule has 0 aliphatic heterocycles. The largest absolute Gasteiger partial charge is 0.456 e. The number of anilines is 3. The SMILES string of the molecule is c1ccc(-c2ccc(N(c3ccc(-c4ccccc4)cc3)c3cccc4oc5cccc(C6(c7ccccc7)c7ccccc7-c7ccccc76)c5c34)cc2)cc1. The van der Waals surface area contributed by atoms with Gasteiger partial charge in [0.1, 0.15) is 11.2 Å². The van der Waals surface area contributed by atoms with E-state index in [1.165, 1.54) is 55.6 Å². The van der Waals surface area contributed by atoms with Crippen LogP contribution in [0, 0.1) is 0 Å². The Morgan fingerprint density at radius 3 is 1.28 bits per heavy atom. The third kappa shape index (κ3) is 5.18. The van der Waals surface area contributed by atoms with Gasteiger partial charge in [0.15, 0.2) is 0 Å². The zero-order valence-corrected chi connectivity index (χ0v) is 31.2. The fraction of sp³-hybridized carbons (Fsp3) is 0.0182. The van der Waals surface area contributed by atoms with Crippen LogP contribution in [-0.4, -0.2) is 0 Å². The third-order valence-electron chi connectivity index (χ3n) is 11.8. The Morgan fingerprint density at radius 1 is 0.316 bits per heavy atom. The molecule has 9 aromatic carbocycles. The monoisotopic (exact) mass is 727 g/mol. The maximum atomic E-state index is 6.90. The van der Waals surface area contributed by atoms with Gasteiger partial charge >= 0.3 is 0 Å². The Hall–Kier alpha value is -7.42. The zero-order chi connectivity index (χ0) is 37.8. The van der Waals surface area contributed by atoms with Crippen molar-refractivity contribution in [1.29, 1.82) is 0 Å². The van der Waals surface area contributed by atoms with E-state index in [1.807, 2.05) is 0 Å². The molecule has 1 aliphatic rings. The van der Waals surface area contributed by atoms with Crippen LogP contribution in [0.2, 0.25) is 0 Å². The highest BCUT2D eigenvalue weighted by molar-refractivity contribution is 6.16. The molecule has 0 N–H and O–H groups in total. The van der Waals surface area contributed by atoms with Crippen molar-refractivity contribution in [2.24, 2.45) is 0 Å². The number of benzene rings is 9. The molecule has 1 heterocycles. The molecular formula is C55H37NO. The van der Waals surface area contributed by atoms with E-state index >= 15 is 0 Å². The van der Waals surface area contributed by atoms with E-state index in [2.05, 4.69) is 229 Å². The first-order chi connectivity index (χ1) is 28.3. The minimum Gasteiger partial charge on any atom is -0.456 e. The Morgan fingerprint density at radius 2 is 0.737 bits per heavy atom. The molecule has 0 amide bonds. The normalized spacial score (nSPS) is 12.7. The molecule has 10 aromatic rings. The van der Waals surface area contributed by atoms with Gasteiger partial charge in [-0.25, -0.2) is 0 Å². The van der Waals surface area contributed by atoms with Crippen LogP contribution in [0.25, 0.3) is 55.3 Å². The predicted octanol–water partition coefficient (Wildman–Crippen LogP) is 14.8. The molecule has 11 rings (SSSR count). The molecule has 0 radical (unpaired) electrons. The molecule has 0 saturated carbocycles. The highest BCUT2D eigenvalue weighted by atomic mass is 16.3. The van der Waals surface area contributed by atoms with Crippen LogP contribution in [0.3, 0.4) is 0 Å². The van der Waals surface area contributed by atoms with Gasteiger partial charge < -0.3 is 9.32 Å². The van der Waals surface area contributed by atoms with E-state index in [4.69, 9.17) is 4.42 Å². The molecule has 0 unspecified atom stereocenters. The van der Waals surface area contributed by atoms with Crippen molar-refractivity contribution in [2.45, 2.75) is 5.41 Å². The summed E-state index contributed by atoms with van der Waals surface area (Å²) < 4.78 is 6.90. The van der Waals surface area contributed by atoms with Gasteiger partial charge in [-0.05, 0) is 98.1 Å². The Bertz CT molecular complexity index is 2910. The second-order valence-corrected chi connectivity index (χ2v) is 14.8. The molecule has 1 aromatic heterocycles. The van der Waals surface area contributed by atoms with E-state index < -0.39 is 5.41 Å². The van der Waals surface area contributed by atoms with Gasteiger partial charge in [0.05, 0.1) is 16.5 Å². The lowest BCUT2D eigenvalue weighted by molar-refractivity contribution is 0.667. The fourth-order valence-electron chi connectivity index (χ4n) is 9.32. The number of rotatable bonds is 7. The number of hydrogen-bond acceptors (Lipinski definition) is 2. The minimum atomic E-state index is -0.586. The molecule has 268 valence electrons. The first kappa shape index (κ1) is 33.0. The van der Waals surface area contributed by atoms with Gasteiger partial charge in [0.2, 0.25) is 0 Å². The van der Waals surface area contributed by atoms with Crippen LogP contribution < -0.4 is 4.90 Å². The third-order valence-corrected chi connectivity index (χ3v) is 11.8. The van der Waals surface area contributed by atoms with Crippen molar-refractivity contribution in [2.75, 3.05) is 4.90 Å². The van der Waals surface area contributed by atoms with Crippen LogP contribution in [0.4, 0.5) is 17.1 Å². The van der Waals surface area contributed by atoms with E-state index in [0.717, 1.165) is 39.0 Å². The summed E-state index contributed by atoms with van der Waals surface area (Å²) >= 11 is 0. The Labute approximate surface area is 332 Å². The van der Waals surface area contributed by atoms with E-state index in [9.17, 15) is 0 Å². The molecule has 0 bridgehead atoms. The van der Waals surface area contributed by atoms with E-state index in [-0.39, 0.29) is 0 Å². The lowest BCUT2D eigenvalue weighted by atomic mass is 9.66. The average Bonchev–Trinajstić information content (AvgIpc) is 3.83. The maximum Gasteiger partial charge on any atom is 0.137 e. The van der Waals surface area contributed by atoms with Crippen LogP contribution in [0.1, 0.15) is 22.3 Å². The van der Waals surface area contributed by atoms with Gasteiger partial charge in [0.25, 0.3) is 0 Å². The highest BCUT2D eigenvalue weighted by Gasteiger charge is 2.47. The van der Waals surface area contributed by atoms with Crippen molar-refractivity contribution in [3.8, 4) is 33.4 Å². The topological polar surface area (TPSA) is 16.4 Å². The first-order valence-electron chi connectivity index (χ1n) is 19.6. The van der Waals surface area contributed by atoms with E-state index in [0.29, 0.717) is 0 Å². The zero-order valence-electron chi connectivity index (χ0n) is 31.2. The maximum absolute atomic E-state index is 6.90.